The van der Waals surface area contributed by atoms with Crippen LogP contribution in [-0.2, 0) is 0 Å². The van der Waals surface area contributed by atoms with E-state index >= 15 is 0 Å². The Morgan fingerprint density at radius 2 is 0.938 bits per heavy atom. The molecule has 0 radical (unpaired) electrons. The molecule has 0 spiro atoms. The maximum Gasteiger partial charge on any atom is 0.164 e. The van der Waals surface area contributed by atoms with Gasteiger partial charge in [0.15, 0.2) is 17.5 Å². The molecule has 0 aliphatic rings. The molecule has 3 heterocycles. The molecule has 0 fully saturated rings. The topological polar surface area (TPSA) is 56.7 Å². The van der Waals surface area contributed by atoms with Gasteiger partial charge in [0, 0.05) is 43.9 Å². The second-order valence-corrected chi connectivity index (χ2v) is 12.1. The fourth-order valence-electron chi connectivity index (χ4n) is 6.92. The number of fused-ring (bicyclic) bond motifs is 7. The van der Waals surface area contributed by atoms with Gasteiger partial charge in [0.1, 0.15) is 11.2 Å². The first-order chi connectivity index (χ1) is 23.8. The molecule has 48 heavy (non-hydrogen) atoms. The lowest BCUT2D eigenvalue weighted by Crippen LogP contribution is -2.00. The van der Waals surface area contributed by atoms with Crippen LogP contribution < -0.4 is 0 Å². The third kappa shape index (κ3) is 4.22. The molecule has 0 unspecified atom stereocenters. The minimum atomic E-state index is 0.614. The van der Waals surface area contributed by atoms with Gasteiger partial charge in [-0.15, -0.1) is 0 Å². The van der Waals surface area contributed by atoms with Gasteiger partial charge >= 0.3 is 0 Å². The molecule has 10 aromatic rings. The number of furan rings is 1. The van der Waals surface area contributed by atoms with Crippen LogP contribution in [0.4, 0.5) is 0 Å². The summed E-state index contributed by atoms with van der Waals surface area (Å²) >= 11 is 0. The molecule has 7 aromatic carbocycles. The van der Waals surface area contributed by atoms with E-state index in [1.807, 2.05) is 48.5 Å². The molecule has 0 saturated heterocycles. The molecule has 0 N–H and O–H groups in total. The van der Waals surface area contributed by atoms with E-state index in [0.717, 1.165) is 66.1 Å². The first kappa shape index (κ1) is 26.6. The van der Waals surface area contributed by atoms with Crippen molar-refractivity contribution < 1.29 is 4.42 Å². The summed E-state index contributed by atoms with van der Waals surface area (Å²) in [6.07, 6.45) is 0. The second kappa shape index (κ2) is 10.5. The van der Waals surface area contributed by atoms with Crippen molar-refractivity contribution >= 4 is 54.5 Å². The van der Waals surface area contributed by atoms with E-state index in [9.17, 15) is 0 Å². The van der Waals surface area contributed by atoms with Crippen molar-refractivity contribution in [3.05, 3.63) is 158 Å². The third-order valence-electron chi connectivity index (χ3n) is 9.21. The first-order valence-electron chi connectivity index (χ1n) is 16.0. The fourth-order valence-corrected chi connectivity index (χ4v) is 6.92. The Bertz CT molecular complexity index is 2830. The second-order valence-electron chi connectivity index (χ2n) is 12.1. The van der Waals surface area contributed by atoms with E-state index < -0.39 is 0 Å². The highest BCUT2D eigenvalue weighted by Gasteiger charge is 2.17. The highest BCUT2D eigenvalue weighted by atomic mass is 16.3. The molecule has 5 nitrogen and oxygen atoms in total. The quantitative estimate of drug-likeness (QED) is 0.198. The normalized spacial score (nSPS) is 11.8. The predicted molar refractivity (Wildman–Crippen MR) is 195 cm³/mol. The Balaban J connectivity index is 1.18. The summed E-state index contributed by atoms with van der Waals surface area (Å²) in [6, 6.07) is 54.5. The van der Waals surface area contributed by atoms with Crippen LogP contribution in [0.25, 0.3) is 94.4 Å². The SMILES string of the molecule is c1ccc(-c2nc(-c3ccc4oc5cc6ccccc6cc5c4c3)nc(-c3ccc4c(c3)c3ccccc3n4-c3ccccc3)n2)cc1. The number of nitrogens with zero attached hydrogens (tertiary/aromatic N) is 4. The monoisotopic (exact) mass is 614 g/mol. The number of aromatic nitrogens is 4. The van der Waals surface area contributed by atoms with Gasteiger partial charge in [-0.1, -0.05) is 91.0 Å². The largest absolute Gasteiger partial charge is 0.456 e. The van der Waals surface area contributed by atoms with Gasteiger partial charge in [0.05, 0.1) is 11.0 Å². The summed E-state index contributed by atoms with van der Waals surface area (Å²) in [6.45, 7) is 0. The van der Waals surface area contributed by atoms with Crippen molar-refractivity contribution in [2.75, 3.05) is 0 Å². The van der Waals surface area contributed by atoms with Crippen LogP contribution in [0.1, 0.15) is 0 Å². The number of rotatable bonds is 4. The molecule has 10 rings (SSSR count). The molecule has 224 valence electrons. The van der Waals surface area contributed by atoms with E-state index in [0.29, 0.717) is 17.5 Å². The highest BCUT2D eigenvalue weighted by molar-refractivity contribution is 6.11. The molecule has 3 aromatic heterocycles. The Labute approximate surface area is 275 Å². The van der Waals surface area contributed by atoms with Crippen molar-refractivity contribution in [2.24, 2.45) is 0 Å². The average Bonchev–Trinajstić information content (AvgIpc) is 3.68. The summed E-state index contributed by atoms with van der Waals surface area (Å²) in [5.41, 5.74) is 7.89. The molecule has 0 bridgehead atoms. The van der Waals surface area contributed by atoms with Gasteiger partial charge < -0.3 is 8.98 Å². The van der Waals surface area contributed by atoms with Crippen LogP contribution in [0.15, 0.2) is 162 Å². The highest BCUT2D eigenvalue weighted by Crippen LogP contribution is 2.37. The number of hydrogen-bond donors (Lipinski definition) is 0. The zero-order chi connectivity index (χ0) is 31.6. The molecule has 0 atom stereocenters. The lowest BCUT2D eigenvalue weighted by Gasteiger charge is -2.10. The lowest BCUT2D eigenvalue weighted by atomic mass is 10.0. The smallest absolute Gasteiger partial charge is 0.164 e. The predicted octanol–water partition coefficient (Wildman–Crippen LogP) is 11.0. The summed E-state index contributed by atoms with van der Waals surface area (Å²) < 4.78 is 8.61. The molecule has 0 saturated carbocycles. The molecule has 5 heteroatoms. The average molecular weight is 615 g/mol. The maximum absolute atomic E-state index is 6.29. The van der Waals surface area contributed by atoms with Gasteiger partial charge in [-0.2, -0.15) is 0 Å². The van der Waals surface area contributed by atoms with E-state index in [4.69, 9.17) is 19.4 Å². The Kier molecular flexibility index (Phi) is 5.81. The van der Waals surface area contributed by atoms with Crippen LogP contribution in [0.3, 0.4) is 0 Å². The standard InChI is InChI=1S/C43H26N4O/c1-3-11-27(12-4-1)41-44-42(30-19-21-38-34(24-30)33-17-9-10-18-37(33)47(38)32-15-5-2-6-16-32)46-43(45-41)31-20-22-39-35(25-31)36-23-28-13-7-8-14-29(28)26-40(36)48-39/h1-26H. The van der Waals surface area contributed by atoms with Gasteiger partial charge in [-0.3, -0.25) is 0 Å². The Morgan fingerprint density at radius 3 is 1.71 bits per heavy atom. The van der Waals surface area contributed by atoms with Crippen molar-refractivity contribution in [3.63, 3.8) is 0 Å². The number of hydrogen-bond acceptors (Lipinski definition) is 4. The minimum absolute atomic E-state index is 0.614. The number of benzene rings is 7. The molecule has 0 aliphatic carbocycles. The van der Waals surface area contributed by atoms with E-state index in [-0.39, 0.29) is 0 Å². The van der Waals surface area contributed by atoms with Crippen LogP contribution in [0.5, 0.6) is 0 Å². The lowest BCUT2D eigenvalue weighted by molar-refractivity contribution is 0.669. The summed E-state index contributed by atoms with van der Waals surface area (Å²) in [4.78, 5) is 15.2. The third-order valence-corrected chi connectivity index (χ3v) is 9.21. The molecule has 0 aliphatic heterocycles. The van der Waals surface area contributed by atoms with Crippen molar-refractivity contribution in [1.82, 2.24) is 19.5 Å². The fraction of sp³-hybridized carbons (Fsp3) is 0. The maximum atomic E-state index is 6.29. The molecular weight excluding hydrogens is 589 g/mol. The summed E-state index contributed by atoms with van der Waals surface area (Å²) in [5.74, 6) is 1.87. The molecular formula is C43H26N4O. The summed E-state index contributed by atoms with van der Waals surface area (Å²) in [5, 5.41) is 6.77. The zero-order valence-electron chi connectivity index (χ0n) is 25.7. The van der Waals surface area contributed by atoms with Gasteiger partial charge in [0.25, 0.3) is 0 Å². The molecule has 0 amide bonds. The van der Waals surface area contributed by atoms with Gasteiger partial charge in [-0.25, -0.2) is 15.0 Å². The van der Waals surface area contributed by atoms with E-state index in [1.165, 1.54) is 10.8 Å². The van der Waals surface area contributed by atoms with Gasteiger partial charge in [0.2, 0.25) is 0 Å². The van der Waals surface area contributed by atoms with Crippen LogP contribution in [0, 0.1) is 0 Å². The summed E-state index contributed by atoms with van der Waals surface area (Å²) in [7, 11) is 0. The van der Waals surface area contributed by atoms with Crippen LogP contribution in [0.2, 0.25) is 0 Å². The van der Waals surface area contributed by atoms with Crippen molar-refractivity contribution in [2.45, 2.75) is 0 Å². The van der Waals surface area contributed by atoms with E-state index in [1.54, 1.807) is 0 Å². The van der Waals surface area contributed by atoms with Crippen LogP contribution >= 0.6 is 0 Å². The van der Waals surface area contributed by atoms with Crippen LogP contribution in [-0.4, -0.2) is 19.5 Å². The van der Waals surface area contributed by atoms with E-state index in [2.05, 4.69) is 114 Å². The van der Waals surface area contributed by atoms with Crippen molar-refractivity contribution in [1.29, 1.82) is 0 Å². The van der Waals surface area contributed by atoms with Crippen molar-refractivity contribution in [3.8, 4) is 39.9 Å². The zero-order valence-corrected chi connectivity index (χ0v) is 25.7. The number of para-hydroxylation sites is 2. The minimum Gasteiger partial charge on any atom is -0.456 e. The van der Waals surface area contributed by atoms with Gasteiger partial charge in [-0.05, 0) is 77.5 Å². The Hall–Kier alpha value is -6.59. The first-order valence-corrected chi connectivity index (χ1v) is 16.0. The Morgan fingerprint density at radius 1 is 0.375 bits per heavy atom.